The predicted molar refractivity (Wildman–Crippen MR) is 170 cm³/mol. The summed E-state index contributed by atoms with van der Waals surface area (Å²) < 4.78 is 22.6. The molecule has 1 aromatic heterocycles. The second kappa shape index (κ2) is 21.3. The van der Waals surface area contributed by atoms with Crippen molar-refractivity contribution in [1.29, 1.82) is 0 Å². The molecule has 2 rings (SSSR count). The third-order valence-corrected chi connectivity index (χ3v) is 8.38. The molecule has 2 aromatic rings. The smallest absolute Gasteiger partial charge is 0.328 e. The summed E-state index contributed by atoms with van der Waals surface area (Å²) in [5.41, 5.74) is 1.51. The Morgan fingerprint density at radius 2 is 1.47 bits per heavy atom. The average Bonchev–Trinajstić information content (AvgIpc) is 2.98. The fourth-order valence-corrected chi connectivity index (χ4v) is 5.77. The molecule has 4 N–H and O–H groups in total. The topological polar surface area (TPSA) is 138 Å². The molecule has 9 nitrogen and oxygen atoms in total. The van der Waals surface area contributed by atoms with E-state index in [1.54, 1.807) is 37.6 Å². The van der Waals surface area contributed by atoms with Gasteiger partial charge in [0.05, 0.1) is 31.1 Å². The SMILES string of the molecule is CCCCCCCCCCCCCCCC(=O)N[C@@H](Cc1ccc(OCc2cc(OC)ccn2)cc1)[C@H](O)CP(=O)(O)O. The van der Waals surface area contributed by atoms with Gasteiger partial charge in [-0.25, -0.2) is 0 Å². The number of hydrogen-bond acceptors (Lipinski definition) is 6. The van der Waals surface area contributed by atoms with Crippen molar-refractivity contribution in [1.82, 2.24) is 10.3 Å². The molecule has 0 aliphatic heterocycles. The number of aliphatic hydroxyl groups is 1. The molecule has 1 amide bonds. The first-order valence-electron chi connectivity index (χ1n) is 15.9. The molecule has 0 fully saturated rings. The van der Waals surface area contributed by atoms with Gasteiger partial charge in [-0.2, -0.15) is 0 Å². The van der Waals surface area contributed by atoms with Gasteiger partial charge in [-0.15, -0.1) is 0 Å². The van der Waals surface area contributed by atoms with Crippen molar-refractivity contribution >= 4 is 13.5 Å². The van der Waals surface area contributed by atoms with Crippen molar-refractivity contribution in [3.63, 3.8) is 0 Å². The van der Waals surface area contributed by atoms with Gasteiger partial charge in [0.2, 0.25) is 5.91 Å². The fourth-order valence-electron chi connectivity index (χ4n) is 5.03. The van der Waals surface area contributed by atoms with E-state index in [1.165, 1.54) is 64.2 Å². The van der Waals surface area contributed by atoms with Crippen molar-refractivity contribution in [3.8, 4) is 11.5 Å². The van der Waals surface area contributed by atoms with E-state index < -0.39 is 25.9 Å². The number of benzene rings is 1. The lowest BCUT2D eigenvalue weighted by atomic mass is 10.0. The highest BCUT2D eigenvalue weighted by atomic mass is 31.2. The molecule has 10 heteroatoms. The average molecular weight is 621 g/mol. The zero-order valence-corrected chi connectivity index (χ0v) is 27.0. The minimum absolute atomic E-state index is 0.219. The summed E-state index contributed by atoms with van der Waals surface area (Å²) in [5.74, 6) is 1.09. The lowest BCUT2D eigenvalue weighted by Gasteiger charge is -2.25. The van der Waals surface area contributed by atoms with Gasteiger partial charge in [0.15, 0.2) is 0 Å². The minimum Gasteiger partial charge on any atom is -0.497 e. The highest BCUT2D eigenvalue weighted by Crippen LogP contribution is 2.36. The predicted octanol–water partition coefficient (Wildman–Crippen LogP) is 6.72. The van der Waals surface area contributed by atoms with E-state index in [9.17, 15) is 24.3 Å². The van der Waals surface area contributed by atoms with Gasteiger partial charge in [0.1, 0.15) is 18.1 Å². The highest BCUT2D eigenvalue weighted by Gasteiger charge is 2.28. The van der Waals surface area contributed by atoms with E-state index in [0.29, 0.717) is 17.9 Å². The van der Waals surface area contributed by atoms with Gasteiger partial charge in [-0.05, 0) is 36.6 Å². The number of aliphatic hydroxyl groups excluding tert-OH is 1. The Hall–Kier alpha value is -2.45. The molecular formula is C33H53N2O7P. The normalized spacial score (nSPS) is 13.0. The minimum atomic E-state index is -4.46. The second-order valence-corrected chi connectivity index (χ2v) is 13.1. The zero-order valence-electron chi connectivity index (χ0n) is 26.1. The third kappa shape index (κ3) is 17.4. The van der Waals surface area contributed by atoms with E-state index in [-0.39, 0.29) is 18.9 Å². The molecule has 0 unspecified atom stereocenters. The summed E-state index contributed by atoms with van der Waals surface area (Å²) >= 11 is 0. The van der Waals surface area contributed by atoms with Crippen molar-refractivity contribution < 1.29 is 33.7 Å². The summed E-state index contributed by atoms with van der Waals surface area (Å²) in [5, 5.41) is 13.4. The molecule has 2 atom stereocenters. The monoisotopic (exact) mass is 620 g/mol. The number of rotatable bonds is 24. The lowest BCUT2D eigenvalue weighted by Crippen LogP contribution is -2.46. The summed E-state index contributed by atoms with van der Waals surface area (Å²) in [7, 11) is -2.87. The molecule has 242 valence electrons. The van der Waals surface area contributed by atoms with E-state index >= 15 is 0 Å². The van der Waals surface area contributed by atoms with Gasteiger partial charge in [-0.1, -0.05) is 96.1 Å². The zero-order chi connectivity index (χ0) is 31.3. The molecule has 43 heavy (non-hydrogen) atoms. The number of aromatic nitrogens is 1. The van der Waals surface area contributed by atoms with E-state index in [4.69, 9.17) is 9.47 Å². The Morgan fingerprint density at radius 3 is 2.02 bits per heavy atom. The number of methoxy groups -OCH3 is 1. The van der Waals surface area contributed by atoms with E-state index in [1.807, 2.05) is 12.1 Å². The maximum Gasteiger partial charge on any atom is 0.328 e. The van der Waals surface area contributed by atoms with Crippen molar-refractivity contribution in [2.75, 3.05) is 13.3 Å². The second-order valence-electron chi connectivity index (χ2n) is 11.4. The third-order valence-electron chi connectivity index (χ3n) is 7.53. The van der Waals surface area contributed by atoms with Gasteiger partial charge >= 0.3 is 7.60 Å². The Labute approximate surface area is 258 Å². The van der Waals surface area contributed by atoms with Crippen LogP contribution in [-0.2, 0) is 22.4 Å². The lowest BCUT2D eigenvalue weighted by molar-refractivity contribution is -0.122. The molecule has 0 aliphatic rings. The summed E-state index contributed by atoms with van der Waals surface area (Å²) in [6.45, 7) is 2.50. The van der Waals surface area contributed by atoms with Gasteiger partial charge in [0.25, 0.3) is 0 Å². The van der Waals surface area contributed by atoms with Gasteiger partial charge < -0.3 is 29.7 Å². The maximum atomic E-state index is 12.7. The molecule has 1 aromatic carbocycles. The van der Waals surface area contributed by atoms with Crippen molar-refractivity contribution in [2.24, 2.45) is 0 Å². The Kier molecular flexibility index (Phi) is 18.2. The first-order chi connectivity index (χ1) is 20.7. The molecule has 0 saturated carbocycles. The fraction of sp³-hybridized carbons (Fsp3) is 0.636. The van der Waals surface area contributed by atoms with Crippen LogP contribution in [0.15, 0.2) is 42.6 Å². The first kappa shape index (κ1) is 36.7. The number of unbranched alkanes of at least 4 members (excludes halogenated alkanes) is 12. The Morgan fingerprint density at radius 1 is 0.884 bits per heavy atom. The van der Waals surface area contributed by atoms with Crippen LogP contribution in [0.5, 0.6) is 11.5 Å². The maximum absolute atomic E-state index is 12.7. The molecular weight excluding hydrogens is 567 g/mol. The van der Waals surface area contributed by atoms with Crippen LogP contribution in [0.2, 0.25) is 0 Å². The summed E-state index contributed by atoms with van der Waals surface area (Å²) in [6.07, 6.45) is 15.9. The van der Waals surface area contributed by atoms with Crippen LogP contribution in [0.4, 0.5) is 0 Å². The number of nitrogens with one attached hydrogen (secondary N) is 1. The van der Waals surface area contributed by atoms with Crippen LogP contribution in [0.1, 0.15) is 108 Å². The van der Waals surface area contributed by atoms with Gasteiger partial charge in [-0.3, -0.25) is 14.3 Å². The van der Waals surface area contributed by atoms with E-state index in [2.05, 4.69) is 17.2 Å². The number of hydrogen-bond donors (Lipinski definition) is 4. The summed E-state index contributed by atoms with van der Waals surface area (Å²) in [6, 6.07) is 9.90. The van der Waals surface area contributed by atoms with Crippen LogP contribution < -0.4 is 14.8 Å². The number of carbonyl (C=O) groups excluding carboxylic acids is 1. The molecule has 1 heterocycles. The van der Waals surface area contributed by atoms with E-state index in [0.717, 1.165) is 30.5 Å². The van der Waals surface area contributed by atoms with Crippen LogP contribution >= 0.6 is 7.60 Å². The van der Waals surface area contributed by atoms with Crippen LogP contribution in [-0.4, -0.2) is 51.2 Å². The molecule has 0 spiro atoms. The number of pyridine rings is 1. The van der Waals surface area contributed by atoms with Crippen molar-refractivity contribution in [3.05, 3.63) is 53.9 Å². The Balaban J connectivity index is 1.74. The number of carbonyl (C=O) groups is 1. The molecule has 0 saturated heterocycles. The van der Waals surface area contributed by atoms with Crippen LogP contribution in [0.25, 0.3) is 0 Å². The van der Waals surface area contributed by atoms with Crippen LogP contribution in [0.3, 0.4) is 0 Å². The van der Waals surface area contributed by atoms with Gasteiger partial charge in [0, 0.05) is 18.7 Å². The standard InChI is InChI=1S/C33H53N2O7P/c1-3-4-5-6-7-8-9-10-11-12-13-14-15-16-33(37)35-31(32(36)26-43(38,39)40)23-27-17-19-29(20-18-27)42-25-28-24-30(41-2)21-22-34-28/h17-22,24,31-32,36H,3-16,23,25-26H2,1-2H3,(H,35,37)(H2,38,39,40)/t31-,32+/m0/s1. The molecule has 0 aliphatic carbocycles. The first-order valence-corrected chi connectivity index (χ1v) is 17.7. The number of amides is 1. The summed E-state index contributed by atoms with van der Waals surface area (Å²) in [4.78, 5) is 35.7. The highest BCUT2D eigenvalue weighted by molar-refractivity contribution is 7.51. The molecule has 0 radical (unpaired) electrons. The number of nitrogens with zero attached hydrogens (tertiary/aromatic N) is 1. The molecule has 0 bridgehead atoms. The largest absolute Gasteiger partial charge is 0.497 e. The van der Waals surface area contributed by atoms with Crippen LogP contribution in [0, 0.1) is 0 Å². The quantitative estimate of drug-likeness (QED) is 0.0750. The number of ether oxygens (including phenoxy) is 2. The van der Waals surface area contributed by atoms with Crippen molar-refractivity contribution in [2.45, 2.75) is 122 Å². The Bertz CT molecular complexity index is 1080.